The van der Waals surface area contributed by atoms with Gasteiger partial charge in [-0.2, -0.15) is 0 Å². The van der Waals surface area contributed by atoms with Gasteiger partial charge in [-0.05, 0) is 94.4 Å². The SMILES string of the molecule is C=C(/C=C(\C=C/C)c1ccc(N(c2ccc(-c3ccccc3)cc2)c2cccc(-c3ccccc3)c2)cc1)c1cccc2c1oc1ccccc12. The van der Waals surface area contributed by atoms with Crippen molar-refractivity contribution in [1.82, 2.24) is 0 Å². The van der Waals surface area contributed by atoms with Gasteiger partial charge in [0.25, 0.3) is 0 Å². The summed E-state index contributed by atoms with van der Waals surface area (Å²) in [5.41, 5.74) is 13.8. The van der Waals surface area contributed by atoms with E-state index in [1.807, 2.05) is 25.1 Å². The lowest BCUT2D eigenvalue weighted by Gasteiger charge is -2.26. The molecule has 1 aromatic heterocycles. The van der Waals surface area contributed by atoms with E-state index in [9.17, 15) is 0 Å². The van der Waals surface area contributed by atoms with E-state index >= 15 is 0 Å². The second kappa shape index (κ2) is 14.1. The highest BCUT2D eigenvalue weighted by atomic mass is 16.3. The van der Waals surface area contributed by atoms with Crippen molar-refractivity contribution in [3.05, 3.63) is 212 Å². The first kappa shape index (κ1) is 31.6. The quantitative estimate of drug-likeness (QED) is 0.144. The van der Waals surface area contributed by atoms with Crippen molar-refractivity contribution in [3.8, 4) is 22.3 Å². The first-order valence-corrected chi connectivity index (χ1v) is 17.3. The van der Waals surface area contributed by atoms with Crippen LogP contribution in [0.25, 0.3) is 55.3 Å². The zero-order chi connectivity index (χ0) is 34.6. The number of hydrogen-bond acceptors (Lipinski definition) is 2. The predicted molar refractivity (Wildman–Crippen MR) is 218 cm³/mol. The molecule has 0 spiro atoms. The van der Waals surface area contributed by atoms with Gasteiger partial charge < -0.3 is 9.32 Å². The number of rotatable bonds is 9. The molecule has 0 N–H and O–H groups in total. The highest BCUT2D eigenvalue weighted by Crippen LogP contribution is 2.39. The number of nitrogens with zero attached hydrogens (tertiary/aromatic N) is 1. The standard InChI is InChI=1S/C49H37NO/c1-3-14-40(33-35(2)45-22-13-23-47-46-21-10-11-24-48(46)51-49(45)47)39-27-31-43(32-28-39)50(42-29-25-38(26-30-42)36-15-6-4-7-16-36)44-20-12-19-41(34-44)37-17-8-5-9-18-37/h3-34H,2H2,1H3/b14-3-,40-33+. The summed E-state index contributed by atoms with van der Waals surface area (Å²) >= 11 is 0. The Morgan fingerprint density at radius 2 is 1.10 bits per heavy atom. The Kier molecular flexibility index (Phi) is 8.72. The minimum atomic E-state index is 0.863. The van der Waals surface area contributed by atoms with E-state index < -0.39 is 0 Å². The van der Waals surface area contributed by atoms with Crippen molar-refractivity contribution in [3.63, 3.8) is 0 Å². The zero-order valence-corrected chi connectivity index (χ0v) is 28.5. The Balaban J connectivity index is 1.17. The molecule has 0 aliphatic carbocycles. The average molecular weight is 656 g/mol. The van der Waals surface area contributed by atoms with Crippen molar-refractivity contribution < 1.29 is 4.42 Å². The minimum Gasteiger partial charge on any atom is -0.455 e. The second-order valence-electron chi connectivity index (χ2n) is 12.6. The number of para-hydroxylation sites is 2. The van der Waals surface area contributed by atoms with Crippen molar-refractivity contribution in [2.24, 2.45) is 0 Å². The summed E-state index contributed by atoms with van der Waals surface area (Å²) in [5, 5.41) is 2.21. The summed E-state index contributed by atoms with van der Waals surface area (Å²) in [6.07, 6.45) is 6.37. The molecule has 244 valence electrons. The van der Waals surface area contributed by atoms with Gasteiger partial charge in [0.2, 0.25) is 0 Å². The lowest BCUT2D eigenvalue weighted by atomic mass is 9.97. The molecule has 7 aromatic carbocycles. The molecule has 0 radical (unpaired) electrons. The summed E-state index contributed by atoms with van der Waals surface area (Å²) in [6.45, 7) is 6.55. The van der Waals surface area contributed by atoms with Gasteiger partial charge in [0.15, 0.2) is 0 Å². The maximum atomic E-state index is 6.33. The van der Waals surface area contributed by atoms with Gasteiger partial charge in [-0.25, -0.2) is 0 Å². The highest BCUT2D eigenvalue weighted by molar-refractivity contribution is 6.09. The third kappa shape index (κ3) is 6.44. The summed E-state index contributed by atoms with van der Waals surface area (Å²) < 4.78 is 6.33. The molecule has 0 saturated carbocycles. The van der Waals surface area contributed by atoms with Crippen LogP contribution in [0.3, 0.4) is 0 Å². The number of allylic oxidation sites excluding steroid dienone is 5. The molecule has 8 rings (SSSR count). The van der Waals surface area contributed by atoms with Crippen molar-refractivity contribution >= 4 is 50.1 Å². The molecule has 1 heterocycles. The van der Waals surface area contributed by atoms with Gasteiger partial charge in [0.1, 0.15) is 11.2 Å². The number of furan rings is 1. The number of anilines is 3. The van der Waals surface area contributed by atoms with Crippen molar-refractivity contribution in [2.75, 3.05) is 4.90 Å². The van der Waals surface area contributed by atoms with E-state index in [2.05, 4.69) is 187 Å². The lowest BCUT2D eigenvalue weighted by molar-refractivity contribution is 0.668. The fraction of sp³-hybridized carbons (Fsp3) is 0.0204. The molecule has 0 unspecified atom stereocenters. The van der Waals surface area contributed by atoms with E-state index in [4.69, 9.17) is 4.42 Å². The van der Waals surface area contributed by atoms with Gasteiger partial charge in [-0.1, -0.05) is 152 Å². The van der Waals surface area contributed by atoms with Gasteiger partial charge in [0.05, 0.1) is 0 Å². The number of benzene rings is 7. The summed E-state index contributed by atoms with van der Waals surface area (Å²) in [6, 6.07) is 61.9. The van der Waals surface area contributed by atoms with Gasteiger partial charge in [0, 0.05) is 33.4 Å². The molecule has 8 aromatic rings. The van der Waals surface area contributed by atoms with Crippen LogP contribution in [0, 0.1) is 0 Å². The van der Waals surface area contributed by atoms with Crippen LogP contribution in [0.5, 0.6) is 0 Å². The second-order valence-corrected chi connectivity index (χ2v) is 12.6. The normalized spacial score (nSPS) is 11.7. The fourth-order valence-corrected chi connectivity index (χ4v) is 6.81. The zero-order valence-electron chi connectivity index (χ0n) is 28.5. The molecule has 0 saturated heterocycles. The summed E-state index contributed by atoms with van der Waals surface area (Å²) in [5.74, 6) is 0. The highest BCUT2D eigenvalue weighted by Gasteiger charge is 2.16. The van der Waals surface area contributed by atoms with Crippen LogP contribution in [-0.2, 0) is 0 Å². The predicted octanol–water partition coefficient (Wildman–Crippen LogP) is 14.1. The Morgan fingerprint density at radius 3 is 1.80 bits per heavy atom. The van der Waals surface area contributed by atoms with Crippen LogP contribution >= 0.6 is 0 Å². The van der Waals surface area contributed by atoms with Crippen LogP contribution in [0.2, 0.25) is 0 Å². The molecule has 0 fully saturated rings. The molecule has 0 bridgehead atoms. The monoisotopic (exact) mass is 655 g/mol. The Hall–Kier alpha value is -6.64. The lowest BCUT2D eigenvalue weighted by Crippen LogP contribution is -2.10. The topological polar surface area (TPSA) is 16.4 Å². The van der Waals surface area contributed by atoms with Crippen LogP contribution < -0.4 is 4.90 Å². The molecular formula is C49H37NO. The maximum Gasteiger partial charge on any atom is 0.143 e. The Bertz CT molecular complexity index is 2520. The molecule has 0 amide bonds. The molecule has 0 atom stereocenters. The Labute approximate surface area is 299 Å². The Morgan fingerprint density at radius 1 is 0.529 bits per heavy atom. The molecular weight excluding hydrogens is 619 g/mol. The van der Waals surface area contributed by atoms with E-state index in [1.54, 1.807) is 0 Å². The smallest absolute Gasteiger partial charge is 0.143 e. The van der Waals surface area contributed by atoms with Crippen LogP contribution in [-0.4, -0.2) is 0 Å². The van der Waals surface area contributed by atoms with Crippen molar-refractivity contribution in [2.45, 2.75) is 6.92 Å². The largest absolute Gasteiger partial charge is 0.455 e. The fourth-order valence-electron chi connectivity index (χ4n) is 6.81. The third-order valence-corrected chi connectivity index (χ3v) is 9.33. The van der Waals surface area contributed by atoms with Gasteiger partial charge >= 0.3 is 0 Å². The third-order valence-electron chi connectivity index (χ3n) is 9.33. The van der Waals surface area contributed by atoms with Crippen LogP contribution in [0.15, 0.2) is 205 Å². The first-order valence-electron chi connectivity index (χ1n) is 17.3. The van der Waals surface area contributed by atoms with Gasteiger partial charge in [-0.3, -0.25) is 0 Å². The summed E-state index contributed by atoms with van der Waals surface area (Å²) in [7, 11) is 0. The van der Waals surface area contributed by atoms with E-state index in [0.29, 0.717) is 0 Å². The van der Waals surface area contributed by atoms with Crippen LogP contribution in [0.4, 0.5) is 17.1 Å². The molecule has 2 heteroatoms. The van der Waals surface area contributed by atoms with Crippen LogP contribution in [0.1, 0.15) is 18.1 Å². The minimum absolute atomic E-state index is 0.863. The van der Waals surface area contributed by atoms with Gasteiger partial charge in [-0.15, -0.1) is 0 Å². The molecule has 0 aliphatic rings. The number of fused-ring (bicyclic) bond motifs is 3. The molecule has 51 heavy (non-hydrogen) atoms. The van der Waals surface area contributed by atoms with E-state index in [1.165, 1.54) is 22.3 Å². The van der Waals surface area contributed by atoms with Crippen molar-refractivity contribution in [1.29, 1.82) is 0 Å². The first-order chi connectivity index (χ1) is 25.2. The molecule has 2 nitrogen and oxygen atoms in total. The number of hydrogen-bond donors (Lipinski definition) is 0. The summed E-state index contributed by atoms with van der Waals surface area (Å²) in [4.78, 5) is 2.32. The van der Waals surface area contributed by atoms with E-state index in [-0.39, 0.29) is 0 Å². The molecule has 0 aliphatic heterocycles. The maximum absolute atomic E-state index is 6.33. The van der Waals surface area contributed by atoms with E-state index in [0.717, 1.165) is 61.3 Å². The average Bonchev–Trinajstić information content (AvgIpc) is 3.58.